The smallest absolute Gasteiger partial charge is 0.364 e. The molecule has 1 aromatic rings. The zero-order valence-corrected chi connectivity index (χ0v) is 6.54. The molecule has 1 heterocycles. The minimum absolute atomic E-state index is 0.236. The lowest BCUT2D eigenvalue weighted by Gasteiger charge is -2.27. The van der Waals surface area contributed by atoms with Crippen LogP contribution in [0.3, 0.4) is 0 Å². The number of fused-ring (bicyclic) bond motifs is 1. The van der Waals surface area contributed by atoms with E-state index in [1.165, 1.54) is 12.1 Å². The van der Waals surface area contributed by atoms with Crippen molar-refractivity contribution >= 4 is 11.7 Å². The molecule has 5 heteroatoms. The maximum atomic E-state index is 10.9. The fourth-order valence-corrected chi connectivity index (χ4v) is 1.13. The number of carbonyl (C=O) groups is 1. The number of carbonyl (C=O) groups excluding carboxylic acids is 1. The Kier molecular flexibility index (Phi) is 1.68. The van der Waals surface area contributed by atoms with Gasteiger partial charge in [0.1, 0.15) is 5.69 Å². The van der Waals surface area contributed by atoms with Crippen LogP contribution in [0.15, 0.2) is 24.3 Å². The number of hydrogen-bond acceptors (Lipinski definition) is 5. The Labute approximate surface area is 73.7 Å². The number of aliphatic hydroxyl groups is 1. The minimum atomic E-state index is -1.64. The highest BCUT2D eigenvalue weighted by atomic mass is 16.6. The summed E-state index contributed by atoms with van der Waals surface area (Å²) in [6.07, 6.45) is -1.64. The van der Waals surface area contributed by atoms with Crippen molar-refractivity contribution in [1.82, 2.24) is 0 Å². The van der Waals surface area contributed by atoms with Crippen molar-refractivity contribution in [3.05, 3.63) is 24.3 Å². The molecule has 1 unspecified atom stereocenters. The molecule has 13 heavy (non-hydrogen) atoms. The summed E-state index contributed by atoms with van der Waals surface area (Å²) in [5.74, 6) is -0.651. The lowest BCUT2D eigenvalue weighted by Crippen LogP contribution is -2.44. The largest absolute Gasteiger partial charge is 0.421 e. The lowest BCUT2D eigenvalue weighted by atomic mass is 10.2. The molecule has 1 aliphatic rings. The first kappa shape index (κ1) is 8.03. The van der Waals surface area contributed by atoms with E-state index >= 15 is 0 Å². The van der Waals surface area contributed by atoms with Gasteiger partial charge in [0.25, 0.3) is 6.23 Å². The summed E-state index contributed by atoms with van der Waals surface area (Å²) >= 11 is 0. The van der Waals surface area contributed by atoms with Gasteiger partial charge in [0.2, 0.25) is 0 Å². The molecular formula is C8H7NO4. The molecule has 0 spiro atoms. The van der Waals surface area contributed by atoms with Crippen LogP contribution < -0.4 is 9.80 Å². The first-order valence-electron chi connectivity index (χ1n) is 3.67. The molecule has 1 atom stereocenters. The molecule has 0 radical (unpaired) electrons. The van der Waals surface area contributed by atoms with Crippen LogP contribution in [0.1, 0.15) is 0 Å². The third kappa shape index (κ3) is 1.14. The van der Waals surface area contributed by atoms with E-state index in [4.69, 9.17) is 9.84 Å². The maximum Gasteiger partial charge on any atom is 0.364 e. The highest BCUT2D eigenvalue weighted by Crippen LogP contribution is 2.31. The number of rotatable bonds is 0. The fraction of sp³-hybridized carbons (Fsp3) is 0.125. The first-order valence-corrected chi connectivity index (χ1v) is 3.67. The molecule has 5 nitrogen and oxygen atoms in total. The third-order valence-corrected chi connectivity index (χ3v) is 1.77. The molecule has 0 aliphatic carbocycles. The molecular weight excluding hydrogens is 174 g/mol. The number of benzene rings is 1. The monoisotopic (exact) mass is 181 g/mol. The summed E-state index contributed by atoms with van der Waals surface area (Å²) in [5, 5.41) is 18.9. The molecule has 0 saturated heterocycles. The van der Waals surface area contributed by atoms with Gasteiger partial charge in [-0.05, 0) is 12.1 Å². The molecule has 0 aromatic heterocycles. The van der Waals surface area contributed by atoms with Crippen LogP contribution in [-0.2, 0) is 4.79 Å². The Balaban J connectivity index is 2.49. The van der Waals surface area contributed by atoms with Crippen molar-refractivity contribution < 1.29 is 19.8 Å². The second-order valence-corrected chi connectivity index (χ2v) is 2.61. The first-order chi connectivity index (χ1) is 6.20. The van der Waals surface area contributed by atoms with E-state index in [0.717, 1.165) is 0 Å². The van der Waals surface area contributed by atoms with Crippen molar-refractivity contribution in [3.63, 3.8) is 0 Å². The highest BCUT2D eigenvalue weighted by Gasteiger charge is 2.32. The van der Waals surface area contributed by atoms with Gasteiger partial charge in [-0.3, -0.25) is 5.21 Å². The van der Waals surface area contributed by atoms with Crippen LogP contribution in [-0.4, -0.2) is 22.5 Å². The van der Waals surface area contributed by atoms with E-state index in [0.29, 0.717) is 5.06 Å². The Morgan fingerprint density at radius 1 is 1.38 bits per heavy atom. The van der Waals surface area contributed by atoms with Crippen molar-refractivity contribution in [3.8, 4) is 5.75 Å². The van der Waals surface area contributed by atoms with Crippen molar-refractivity contribution in [2.45, 2.75) is 6.23 Å². The predicted octanol–water partition coefficient (Wildman–Crippen LogP) is 0.120. The molecule has 0 fully saturated rings. The molecule has 0 saturated carbocycles. The Morgan fingerprint density at radius 3 is 2.85 bits per heavy atom. The second-order valence-electron chi connectivity index (χ2n) is 2.61. The third-order valence-electron chi connectivity index (χ3n) is 1.77. The molecule has 2 N–H and O–H groups in total. The number of hydroxylamine groups is 1. The minimum Gasteiger partial charge on any atom is -0.421 e. The van der Waals surface area contributed by atoms with Gasteiger partial charge in [0, 0.05) is 0 Å². The second kappa shape index (κ2) is 2.72. The Bertz CT molecular complexity index is 352. The maximum absolute atomic E-state index is 10.9. The van der Waals surface area contributed by atoms with Gasteiger partial charge in [-0.25, -0.2) is 9.86 Å². The average Bonchev–Trinajstić information content (AvgIpc) is 2.15. The van der Waals surface area contributed by atoms with E-state index in [1.54, 1.807) is 12.1 Å². The molecule has 1 aliphatic heterocycles. The summed E-state index contributed by atoms with van der Waals surface area (Å²) in [7, 11) is 0. The summed E-state index contributed by atoms with van der Waals surface area (Å²) in [4.78, 5) is 10.9. The van der Waals surface area contributed by atoms with Gasteiger partial charge >= 0.3 is 5.97 Å². The Hall–Kier alpha value is -1.59. The number of aliphatic hydroxyl groups excluding tert-OH is 1. The quantitative estimate of drug-likeness (QED) is 0.439. The van der Waals surface area contributed by atoms with Gasteiger partial charge in [-0.2, -0.15) is 0 Å². The van der Waals surface area contributed by atoms with Crippen LogP contribution in [0.5, 0.6) is 5.75 Å². The van der Waals surface area contributed by atoms with Gasteiger partial charge in [-0.1, -0.05) is 12.1 Å². The topological polar surface area (TPSA) is 70.0 Å². The fourth-order valence-electron chi connectivity index (χ4n) is 1.13. The Morgan fingerprint density at radius 2 is 2.08 bits per heavy atom. The molecule has 1 aromatic carbocycles. The molecule has 0 amide bonds. The number of para-hydroxylation sites is 2. The van der Waals surface area contributed by atoms with Crippen molar-refractivity contribution in [1.29, 1.82) is 0 Å². The molecule has 68 valence electrons. The van der Waals surface area contributed by atoms with Gasteiger partial charge in [0.05, 0.1) is 0 Å². The number of anilines is 1. The van der Waals surface area contributed by atoms with E-state index in [2.05, 4.69) is 0 Å². The SMILES string of the molecule is O=C1Oc2ccccc2N(O)C1O. The summed E-state index contributed by atoms with van der Waals surface area (Å²) in [6.45, 7) is 0. The number of hydrogen-bond donors (Lipinski definition) is 2. The summed E-state index contributed by atoms with van der Waals surface area (Å²) in [5.41, 5.74) is 0.273. The van der Waals surface area contributed by atoms with Crippen molar-refractivity contribution in [2.24, 2.45) is 0 Å². The number of esters is 1. The van der Waals surface area contributed by atoms with E-state index < -0.39 is 12.2 Å². The predicted molar refractivity (Wildman–Crippen MR) is 42.3 cm³/mol. The van der Waals surface area contributed by atoms with Crippen LogP contribution >= 0.6 is 0 Å². The normalized spacial score (nSPS) is 20.9. The standard InChI is InChI=1S/C8H7NO4/c10-7-8(11)13-6-4-2-1-3-5(6)9(7)12/h1-4,7,10,12H. The number of ether oxygens (including phenoxy) is 1. The summed E-state index contributed by atoms with van der Waals surface area (Å²) < 4.78 is 4.72. The van der Waals surface area contributed by atoms with E-state index in [9.17, 15) is 10.0 Å². The van der Waals surface area contributed by atoms with E-state index in [-0.39, 0.29) is 11.4 Å². The number of nitrogens with zero attached hydrogens (tertiary/aromatic N) is 1. The van der Waals surface area contributed by atoms with Crippen molar-refractivity contribution in [2.75, 3.05) is 5.06 Å². The van der Waals surface area contributed by atoms with Gasteiger partial charge < -0.3 is 9.84 Å². The zero-order chi connectivity index (χ0) is 9.42. The van der Waals surface area contributed by atoms with Crippen LogP contribution in [0, 0.1) is 0 Å². The molecule has 0 bridgehead atoms. The summed E-state index contributed by atoms with van der Waals surface area (Å²) in [6, 6.07) is 6.39. The highest BCUT2D eigenvalue weighted by molar-refractivity contribution is 5.85. The van der Waals surface area contributed by atoms with Crippen LogP contribution in [0.25, 0.3) is 0 Å². The lowest BCUT2D eigenvalue weighted by molar-refractivity contribution is -0.148. The van der Waals surface area contributed by atoms with Gasteiger partial charge in [-0.15, -0.1) is 0 Å². The van der Waals surface area contributed by atoms with E-state index in [1.807, 2.05) is 0 Å². The zero-order valence-electron chi connectivity index (χ0n) is 6.54. The average molecular weight is 181 g/mol. The van der Waals surface area contributed by atoms with Crippen LogP contribution in [0.4, 0.5) is 5.69 Å². The van der Waals surface area contributed by atoms with Gasteiger partial charge in [0.15, 0.2) is 5.75 Å². The molecule has 2 rings (SSSR count). The van der Waals surface area contributed by atoms with Crippen LogP contribution in [0.2, 0.25) is 0 Å².